The third-order valence-corrected chi connectivity index (χ3v) is 5.50. The summed E-state index contributed by atoms with van der Waals surface area (Å²) in [5.41, 5.74) is 2.64. The minimum Gasteiger partial charge on any atom is -0.497 e. The highest BCUT2D eigenvalue weighted by atomic mass is 35.5. The van der Waals surface area contributed by atoms with E-state index in [-0.39, 0.29) is 11.9 Å². The fourth-order valence-corrected chi connectivity index (χ4v) is 3.42. The van der Waals surface area contributed by atoms with Crippen LogP contribution in [0.4, 0.5) is 5.69 Å². The topological polar surface area (TPSA) is 78.3 Å². The van der Waals surface area contributed by atoms with E-state index in [2.05, 4.69) is 15.4 Å². The lowest BCUT2D eigenvalue weighted by molar-refractivity contribution is 0.102. The Bertz CT molecular complexity index is 1270. The van der Waals surface area contributed by atoms with Gasteiger partial charge in [0.1, 0.15) is 5.75 Å². The van der Waals surface area contributed by atoms with E-state index in [0.29, 0.717) is 39.5 Å². The van der Waals surface area contributed by atoms with Crippen LogP contribution >= 0.6 is 23.2 Å². The van der Waals surface area contributed by atoms with Gasteiger partial charge in [-0.15, -0.1) is 5.10 Å². The zero-order valence-corrected chi connectivity index (χ0v) is 19.4. The molecule has 0 atom stereocenters. The van der Waals surface area contributed by atoms with E-state index in [9.17, 15) is 4.79 Å². The first-order chi connectivity index (χ1) is 16.0. The normalized spacial score (nSPS) is 10.7. The fraction of sp³-hybridized carbons (Fsp3) is 0.125. The number of carbonyl (C=O) groups excluding carboxylic acids is 1. The van der Waals surface area contributed by atoms with Crippen molar-refractivity contribution in [1.82, 2.24) is 14.8 Å². The summed E-state index contributed by atoms with van der Waals surface area (Å²) in [6.45, 7) is 2.29. The van der Waals surface area contributed by atoms with Crippen LogP contribution in [0.5, 0.6) is 11.8 Å². The molecule has 1 N–H and O–H groups in total. The number of hydrogen-bond acceptors (Lipinski definition) is 5. The second kappa shape index (κ2) is 9.94. The van der Waals surface area contributed by atoms with E-state index in [1.807, 2.05) is 25.1 Å². The van der Waals surface area contributed by atoms with Crippen LogP contribution in [-0.4, -0.2) is 34.4 Å². The number of nitrogens with zero attached hydrogens (tertiary/aromatic N) is 3. The summed E-state index contributed by atoms with van der Waals surface area (Å²) in [5, 5.41) is 8.21. The molecule has 0 bridgehead atoms. The Morgan fingerprint density at radius 2 is 1.73 bits per heavy atom. The van der Waals surface area contributed by atoms with Gasteiger partial charge in [-0.25, -0.2) is 4.68 Å². The average Bonchev–Trinajstić information content (AvgIpc) is 3.25. The van der Waals surface area contributed by atoms with Crippen molar-refractivity contribution < 1.29 is 14.3 Å². The summed E-state index contributed by atoms with van der Waals surface area (Å²) < 4.78 is 12.3. The highest BCUT2D eigenvalue weighted by Crippen LogP contribution is 2.30. The van der Waals surface area contributed by atoms with Crippen molar-refractivity contribution in [3.05, 3.63) is 82.3 Å². The van der Waals surface area contributed by atoms with E-state index in [1.165, 1.54) is 0 Å². The Balaban J connectivity index is 1.60. The van der Waals surface area contributed by atoms with Crippen LogP contribution in [0, 0.1) is 0 Å². The molecule has 33 heavy (non-hydrogen) atoms. The maximum Gasteiger partial charge on any atom is 0.336 e. The molecule has 0 aliphatic heterocycles. The summed E-state index contributed by atoms with van der Waals surface area (Å²) in [7, 11) is 1.58. The lowest BCUT2D eigenvalue weighted by Crippen LogP contribution is -2.11. The third kappa shape index (κ3) is 5.10. The SMILES string of the molecule is CCOc1nc(-c2ccc(Cl)c(Cl)c2)n(-c2ccc(NC(=O)c3ccc(OC)cc3)cc2)n1. The van der Waals surface area contributed by atoms with Crippen molar-refractivity contribution in [2.45, 2.75) is 6.92 Å². The molecule has 4 aromatic rings. The van der Waals surface area contributed by atoms with Crippen LogP contribution in [0.25, 0.3) is 17.1 Å². The van der Waals surface area contributed by atoms with E-state index in [4.69, 9.17) is 32.7 Å². The van der Waals surface area contributed by atoms with Gasteiger partial charge in [0.25, 0.3) is 5.91 Å². The molecule has 0 fully saturated rings. The molecule has 0 aliphatic rings. The summed E-state index contributed by atoms with van der Waals surface area (Å²) in [6, 6.07) is 19.6. The smallest absolute Gasteiger partial charge is 0.336 e. The molecule has 0 unspecified atom stereocenters. The van der Waals surface area contributed by atoms with Crippen LogP contribution in [0.3, 0.4) is 0 Å². The summed E-state index contributed by atoms with van der Waals surface area (Å²) in [4.78, 5) is 17.0. The van der Waals surface area contributed by atoms with Gasteiger partial charge in [0.2, 0.25) is 0 Å². The monoisotopic (exact) mass is 482 g/mol. The number of ether oxygens (including phenoxy) is 2. The molecule has 4 rings (SSSR count). The molecule has 0 saturated heterocycles. The van der Waals surface area contributed by atoms with Crippen LogP contribution in [0.15, 0.2) is 66.7 Å². The Kier molecular flexibility index (Phi) is 6.82. The molecular weight excluding hydrogens is 463 g/mol. The lowest BCUT2D eigenvalue weighted by atomic mass is 10.2. The molecule has 3 aromatic carbocycles. The van der Waals surface area contributed by atoms with Crippen molar-refractivity contribution in [3.63, 3.8) is 0 Å². The van der Waals surface area contributed by atoms with Gasteiger partial charge in [0.15, 0.2) is 5.82 Å². The largest absolute Gasteiger partial charge is 0.497 e. The molecule has 0 aliphatic carbocycles. The van der Waals surface area contributed by atoms with Crippen molar-refractivity contribution in [2.24, 2.45) is 0 Å². The van der Waals surface area contributed by atoms with Gasteiger partial charge < -0.3 is 14.8 Å². The van der Waals surface area contributed by atoms with Crippen LogP contribution in [0.1, 0.15) is 17.3 Å². The van der Waals surface area contributed by atoms with Gasteiger partial charge in [0, 0.05) is 16.8 Å². The maximum atomic E-state index is 12.5. The summed E-state index contributed by atoms with van der Waals surface area (Å²) in [6.07, 6.45) is 0. The number of aromatic nitrogens is 3. The van der Waals surface area contributed by atoms with E-state index in [0.717, 1.165) is 11.3 Å². The van der Waals surface area contributed by atoms with Gasteiger partial charge in [0.05, 0.1) is 29.4 Å². The van der Waals surface area contributed by atoms with Gasteiger partial charge in [-0.05, 0) is 73.7 Å². The first-order valence-corrected chi connectivity index (χ1v) is 10.8. The second-order valence-corrected chi connectivity index (χ2v) is 7.74. The number of hydrogen-bond donors (Lipinski definition) is 1. The van der Waals surface area contributed by atoms with Gasteiger partial charge >= 0.3 is 6.01 Å². The van der Waals surface area contributed by atoms with Gasteiger partial charge in [-0.1, -0.05) is 23.2 Å². The number of methoxy groups -OCH3 is 1. The predicted octanol–water partition coefficient (Wildman–Crippen LogP) is 5.90. The van der Waals surface area contributed by atoms with Crippen molar-refractivity contribution >= 4 is 34.8 Å². The first-order valence-electron chi connectivity index (χ1n) is 10.1. The fourth-order valence-electron chi connectivity index (χ4n) is 3.12. The molecule has 0 saturated carbocycles. The maximum absolute atomic E-state index is 12.5. The molecule has 0 spiro atoms. The quantitative estimate of drug-likeness (QED) is 0.354. The van der Waals surface area contributed by atoms with Crippen molar-refractivity contribution in [2.75, 3.05) is 19.0 Å². The third-order valence-electron chi connectivity index (χ3n) is 4.76. The summed E-state index contributed by atoms with van der Waals surface area (Å²) in [5.74, 6) is 1.02. The standard InChI is InChI=1S/C24H20Cl2N4O3/c1-3-33-24-28-22(16-6-13-20(25)21(26)14-16)30(29-24)18-9-7-17(8-10-18)27-23(31)15-4-11-19(32-2)12-5-15/h4-14H,3H2,1-2H3,(H,27,31). The number of benzene rings is 3. The van der Waals surface area contributed by atoms with Crippen LogP contribution in [0.2, 0.25) is 10.0 Å². The van der Waals surface area contributed by atoms with Gasteiger partial charge in [-0.3, -0.25) is 4.79 Å². The average molecular weight is 483 g/mol. The van der Waals surface area contributed by atoms with Crippen molar-refractivity contribution in [1.29, 1.82) is 0 Å². The number of amides is 1. The highest BCUT2D eigenvalue weighted by Gasteiger charge is 2.16. The number of nitrogens with one attached hydrogen (secondary N) is 1. The number of carbonyl (C=O) groups is 1. The number of rotatable bonds is 7. The summed E-state index contributed by atoms with van der Waals surface area (Å²) >= 11 is 12.3. The zero-order valence-electron chi connectivity index (χ0n) is 17.9. The van der Waals surface area contributed by atoms with Crippen LogP contribution < -0.4 is 14.8 Å². The molecule has 7 nitrogen and oxygen atoms in total. The minimum atomic E-state index is -0.221. The molecule has 1 amide bonds. The Hall–Kier alpha value is -3.55. The predicted molar refractivity (Wildman–Crippen MR) is 129 cm³/mol. The molecule has 1 heterocycles. The van der Waals surface area contributed by atoms with Crippen molar-refractivity contribution in [3.8, 4) is 28.8 Å². The molecule has 168 valence electrons. The molecule has 0 radical (unpaired) electrons. The molecule has 9 heteroatoms. The minimum absolute atomic E-state index is 0.221. The molecular formula is C24H20Cl2N4O3. The Morgan fingerprint density at radius 3 is 2.36 bits per heavy atom. The first kappa shape index (κ1) is 22.6. The number of anilines is 1. The van der Waals surface area contributed by atoms with Crippen LogP contribution in [-0.2, 0) is 0 Å². The van der Waals surface area contributed by atoms with E-state index >= 15 is 0 Å². The Labute approximate surface area is 200 Å². The lowest BCUT2D eigenvalue weighted by Gasteiger charge is -2.09. The zero-order chi connectivity index (χ0) is 23.4. The van der Waals surface area contributed by atoms with E-state index < -0.39 is 0 Å². The highest BCUT2D eigenvalue weighted by molar-refractivity contribution is 6.42. The van der Waals surface area contributed by atoms with Gasteiger partial charge in [-0.2, -0.15) is 4.98 Å². The Morgan fingerprint density at radius 1 is 1.00 bits per heavy atom. The molecule has 1 aromatic heterocycles. The second-order valence-electron chi connectivity index (χ2n) is 6.92. The number of halogens is 2. The van der Waals surface area contributed by atoms with E-state index in [1.54, 1.807) is 60.3 Å².